The minimum atomic E-state index is -0.216. The van der Waals surface area contributed by atoms with Crippen molar-refractivity contribution in [2.75, 3.05) is 32.8 Å². The van der Waals surface area contributed by atoms with E-state index in [1.165, 1.54) is 19.3 Å². The number of morpholine rings is 1. The van der Waals surface area contributed by atoms with Gasteiger partial charge >= 0.3 is 0 Å². The normalized spacial score (nSPS) is 24.8. The molecule has 1 aliphatic carbocycles. The van der Waals surface area contributed by atoms with E-state index in [1.807, 2.05) is 4.90 Å². The van der Waals surface area contributed by atoms with E-state index in [0.717, 1.165) is 32.0 Å². The first-order valence-corrected chi connectivity index (χ1v) is 10.7. The summed E-state index contributed by atoms with van der Waals surface area (Å²) >= 11 is 6.08. The first-order chi connectivity index (χ1) is 13.6. The third-order valence-electron chi connectivity index (χ3n) is 6.30. The summed E-state index contributed by atoms with van der Waals surface area (Å²) in [5, 5.41) is 3.32. The number of carbonyl (C=O) groups is 2. The summed E-state index contributed by atoms with van der Waals surface area (Å²) in [6.45, 7) is 3.15. The van der Waals surface area contributed by atoms with Crippen LogP contribution < -0.4 is 5.32 Å². The van der Waals surface area contributed by atoms with Crippen LogP contribution in [0, 0.1) is 0 Å². The van der Waals surface area contributed by atoms with Gasteiger partial charge in [-0.2, -0.15) is 0 Å². The number of rotatable bonds is 5. The predicted octanol–water partition coefficient (Wildman–Crippen LogP) is 2.31. The second kappa shape index (κ2) is 8.80. The van der Waals surface area contributed by atoms with Gasteiger partial charge < -0.3 is 19.9 Å². The molecule has 3 aliphatic rings. The number of nitrogens with zero attached hydrogens (tertiary/aromatic N) is 2. The highest BCUT2D eigenvalue weighted by Gasteiger charge is 2.35. The number of nitrogens with one attached hydrogen (secondary N) is 1. The number of ether oxygens (including phenoxy) is 1. The number of halogens is 1. The number of carbonyl (C=O) groups excluding carboxylic acids is 2. The zero-order valence-electron chi connectivity index (χ0n) is 16.1. The SMILES string of the molecule is O=C(NC[C@@H]1CN(C2CCN(C3CCC3)CC2)C(=O)CO1)c1ccccc1Cl. The van der Waals surface area contributed by atoms with Crippen molar-refractivity contribution < 1.29 is 14.3 Å². The van der Waals surface area contributed by atoms with Crippen LogP contribution in [0.3, 0.4) is 0 Å². The Bertz CT molecular complexity index is 717. The molecule has 7 heteroatoms. The topological polar surface area (TPSA) is 61.9 Å². The molecule has 6 nitrogen and oxygen atoms in total. The first-order valence-electron chi connectivity index (χ1n) is 10.3. The molecule has 1 aromatic rings. The Hall–Kier alpha value is -1.63. The van der Waals surface area contributed by atoms with Gasteiger partial charge in [0, 0.05) is 38.3 Å². The van der Waals surface area contributed by atoms with Crippen molar-refractivity contribution in [2.24, 2.45) is 0 Å². The Morgan fingerprint density at radius 1 is 1.14 bits per heavy atom. The Morgan fingerprint density at radius 2 is 1.89 bits per heavy atom. The highest BCUT2D eigenvalue weighted by atomic mass is 35.5. The summed E-state index contributed by atoms with van der Waals surface area (Å²) in [5.74, 6) is -0.151. The third kappa shape index (κ3) is 4.34. The second-order valence-electron chi connectivity index (χ2n) is 8.02. The summed E-state index contributed by atoms with van der Waals surface area (Å²) in [6, 6.07) is 8.04. The zero-order valence-corrected chi connectivity index (χ0v) is 16.9. The molecule has 0 radical (unpaired) electrons. The van der Waals surface area contributed by atoms with E-state index in [1.54, 1.807) is 24.3 Å². The fourth-order valence-electron chi connectivity index (χ4n) is 4.38. The van der Waals surface area contributed by atoms with Crippen LogP contribution in [-0.2, 0) is 9.53 Å². The van der Waals surface area contributed by atoms with E-state index in [4.69, 9.17) is 16.3 Å². The summed E-state index contributed by atoms with van der Waals surface area (Å²) in [6.07, 6.45) is 5.88. The number of likely N-dealkylation sites (tertiary alicyclic amines) is 1. The molecule has 28 heavy (non-hydrogen) atoms. The maximum Gasteiger partial charge on any atom is 0.252 e. The lowest BCUT2D eigenvalue weighted by Crippen LogP contribution is -2.57. The largest absolute Gasteiger partial charge is 0.365 e. The van der Waals surface area contributed by atoms with Gasteiger partial charge in [-0.3, -0.25) is 9.59 Å². The summed E-state index contributed by atoms with van der Waals surface area (Å²) < 4.78 is 5.66. The average molecular weight is 406 g/mol. The molecule has 152 valence electrons. The molecular weight excluding hydrogens is 378 g/mol. The smallest absolute Gasteiger partial charge is 0.252 e. The molecule has 1 saturated carbocycles. The minimum absolute atomic E-state index is 0.0655. The van der Waals surface area contributed by atoms with Gasteiger partial charge in [-0.1, -0.05) is 30.2 Å². The minimum Gasteiger partial charge on any atom is -0.365 e. The molecule has 4 rings (SSSR count). The highest BCUT2D eigenvalue weighted by Crippen LogP contribution is 2.29. The van der Waals surface area contributed by atoms with Crippen LogP contribution in [0.5, 0.6) is 0 Å². The molecule has 1 aromatic carbocycles. The van der Waals surface area contributed by atoms with Crippen LogP contribution in [-0.4, -0.2) is 72.6 Å². The molecule has 2 heterocycles. The van der Waals surface area contributed by atoms with Gasteiger partial charge in [0.1, 0.15) is 6.61 Å². The zero-order chi connectivity index (χ0) is 19.5. The van der Waals surface area contributed by atoms with Crippen LogP contribution in [0.25, 0.3) is 0 Å². The number of amides is 2. The molecule has 1 N–H and O–H groups in total. The van der Waals surface area contributed by atoms with Gasteiger partial charge in [0.25, 0.3) is 5.91 Å². The second-order valence-corrected chi connectivity index (χ2v) is 8.43. The van der Waals surface area contributed by atoms with E-state index in [2.05, 4.69) is 10.2 Å². The summed E-state index contributed by atoms with van der Waals surface area (Å²) in [5.41, 5.74) is 0.455. The van der Waals surface area contributed by atoms with E-state index in [9.17, 15) is 9.59 Å². The molecule has 1 atom stereocenters. The lowest BCUT2D eigenvalue weighted by molar-refractivity contribution is -0.153. The monoisotopic (exact) mass is 405 g/mol. The van der Waals surface area contributed by atoms with Crippen LogP contribution in [0.2, 0.25) is 5.02 Å². The molecule has 0 aromatic heterocycles. The maximum atomic E-state index is 12.4. The Labute approximate surface area is 171 Å². The van der Waals surface area contributed by atoms with Gasteiger partial charge in [0.2, 0.25) is 5.91 Å². The highest BCUT2D eigenvalue weighted by molar-refractivity contribution is 6.33. The van der Waals surface area contributed by atoms with Crippen LogP contribution >= 0.6 is 11.6 Å². The van der Waals surface area contributed by atoms with Crippen LogP contribution in [0.4, 0.5) is 0 Å². The van der Waals surface area contributed by atoms with Crippen molar-refractivity contribution in [3.05, 3.63) is 34.9 Å². The van der Waals surface area contributed by atoms with Gasteiger partial charge in [0.15, 0.2) is 0 Å². The van der Waals surface area contributed by atoms with Crippen molar-refractivity contribution in [2.45, 2.75) is 50.3 Å². The van der Waals surface area contributed by atoms with Crippen molar-refractivity contribution in [3.8, 4) is 0 Å². The molecule has 2 amide bonds. The average Bonchev–Trinajstić information content (AvgIpc) is 2.67. The van der Waals surface area contributed by atoms with E-state index >= 15 is 0 Å². The Balaban J connectivity index is 1.28. The molecule has 2 saturated heterocycles. The number of hydrogen-bond donors (Lipinski definition) is 1. The lowest BCUT2D eigenvalue weighted by Gasteiger charge is -2.45. The van der Waals surface area contributed by atoms with Crippen molar-refractivity contribution in [1.29, 1.82) is 0 Å². The molecular formula is C21H28ClN3O3. The molecule has 2 aliphatic heterocycles. The summed E-state index contributed by atoms with van der Waals surface area (Å²) in [4.78, 5) is 29.3. The number of benzene rings is 1. The maximum absolute atomic E-state index is 12.4. The van der Waals surface area contributed by atoms with Crippen molar-refractivity contribution in [1.82, 2.24) is 15.1 Å². The van der Waals surface area contributed by atoms with E-state index in [0.29, 0.717) is 23.7 Å². The van der Waals surface area contributed by atoms with Gasteiger partial charge in [-0.25, -0.2) is 0 Å². The van der Waals surface area contributed by atoms with E-state index in [-0.39, 0.29) is 30.6 Å². The van der Waals surface area contributed by atoms with Gasteiger partial charge in [-0.15, -0.1) is 0 Å². The molecule has 3 fully saturated rings. The van der Waals surface area contributed by atoms with Crippen LogP contribution in [0.1, 0.15) is 42.5 Å². The lowest BCUT2D eigenvalue weighted by atomic mass is 9.89. The fourth-order valence-corrected chi connectivity index (χ4v) is 4.61. The van der Waals surface area contributed by atoms with Gasteiger partial charge in [-0.05, 0) is 37.8 Å². The Kier molecular flexibility index (Phi) is 6.19. The predicted molar refractivity (Wildman–Crippen MR) is 107 cm³/mol. The standard InChI is InChI=1S/C21H28ClN3O3/c22-19-7-2-1-6-18(19)21(27)23-12-17-13-25(20(26)14-28-17)16-8-10-24(11-9-16)15-4-3-5-15/h1-2,6-7,15-17H,3-5,8-14H2,(H,23,27)/t17-/m1/s1. The van der Waals surface area contributed by atoms with Crippen molar-refractivity contribution >= 4 is 23.4 Å². The number of piperidine rings is 1. The first kappa shape index (κ1) is 19.7. The summed E-state index contributed by atoms with van der Waals surface area (Å²) in [7, 11) is 0. The third-order valence-corrected chi connectivity index (χ3v) is 6.63. The molecule has 0 unspecified atom stereocenters. The van der Waals surface area contributed by atoms with E-state index < -0.39 is 0 Å². The molecule has 0 spiro atoms. The van der Waals surface area contributed by atoms with Crippen molar-refractivity contribution in [3.63, 3.8) is 0 Å². The quantitative estimate of drug-likeness (QED) is 0.816. The van der Waals surface area contributed by atoms with Gasteiger partial charge in [0.05, 0.1) is 16.7 Å². The Morgan fingerprint density at radius 3 is 2.57 bits per heavy atom. The number of hydrogen-bond acceptors (Lipinski definition) is 4. The van der Waals surface area contributed by atoms with Crippen LogP contribution in [0.15, 0.2) is 24.3 Å². The fraction of sp³-hybridized carbons (Fsp3) is 0.619. The molecule has 0 bridgehead atoms.